The molecule has 1 heterocycles. The van der Waals surface area contributed by atoms with E-state index >= 15 is 0 Å². The summed E-state index contributed by atoms with van der Waals surface area (Å²) in [7, 11) is -3.33. The molecule has 5 heteroatoms. The van der Waals surface area contributed by atoms with E-state index in [1.807, 2.05) is 26.0 Å². The van der Waals surface area contributed by atoms with Gasteiger partial charge in [0.1, 0.15) is 0 Å². The van der Waals surface area contributed by atoms with Crippen LogP contribution >= 0.6 is 15.9 Å². The first-order valence-corrected chi connectivity index (χ1v) is 9.14. The Morgan fingerprint density at radius 3 is 2.79 bits per heavy atom. The highest BCUT2D eigenvalue weighted by atomic mass is 79.9. The molecule has 1 aromatic rings. The maximum Gasteiger partial charge on any atom is 0.243 e. The highest BCUT2D eigenvalue weighted by Gasteiger charge is 2.32. The van der Waals surface area contributed by atoms with Gasteiger partial charge < -0.3 is 0 Å². The van der Waals surface area contributed by atoms with Gasteiger partial charge in [-0.2, -0.15) is 4.31 Å². The minimum atomic E-state index is -3.33. The Hall–Kier alpha value is -0.390. The lowest BCUT2D eigenvalue weighted by Gasteiger charge is -2.18. The Labute approximate surface area is 124 Å². The first-order valence-electron chi connectivity index (χ1n) is 6.58. The largest absolute Gasteiger partial charge is 0.243 e. The molecule has 0 bridgehead atoms. The minimum Gasteiger partial charge on any atom is -0.207 e. The van der Waals surface area contributed by atoms with Crippen LogP contribution in [-0.2, 0) is 10.0 Å². The van der Waals surface area contributed by atoms with Crippen molar-refractivity contribution in [2.45, 2.75) is 31.6 Å². The molecule has 19 heavy (non-hydrogen) atoms. The van der Waals surface area contributed by atoms with Crippen molar-refractivity contribution >= 4 is 26.0 Å². The van der Waals surface area contributed by atoms with Crippen molar-refractivity contribution in [2.24, 2.45) is 5.92 Å². The molecule has 0 radical (unpaired) electrons. The van der Waals surface area contributed by atoms with Gasteiger partial charge in [-0.25, -0.2) is 8.42 Å². The fourth-order valence-electron chi connectivity index (χ4n) is 2.53. The Morgan fingerprint density at radius 2 is 2.11 bits per heavy atom. The van der Waals surface area contributed by atoms with Gasteiger partial charge in [-0.3, -0.25) is 0 Å². The molecule has 0 amide bonds. The molecule has 1 aromatic carbocycles. The molecule has 1 fully saturated rings. The summed E-state index contributed by atoms with van der Waals surface area (Å²) in [6.45, 7) is 5.09. The summed E-state index contributed by atoms with van der Waals surface area (Å²) in [4.78, 5) is 0.465. The SMILES string of the molecule is Cc1ccc(C)c(S(=O)(=O)N2CCC(CCBr)C2)c1. The summed E-state index contributed by atoms with van der Waals surface area (Å²) in [5, 5.41) is 0.940. The van der Waals surface area contributed by atoms with E-state index < -0.39 is 10.0 Å². The van der Waals surface area contributed by atoms with Crippen LogP contribution in [0.2, 0.25) is 0 Å². The van der Waals surface area contributed by atoms with Crippen molar-refractivity contribution in [3.05, 3.63) is 29.3 Å². The second kappa shape index (κ2) is 5.94. The number of halogens is 1. The summed E-state index contributed by atoms with van der Waals surface area (Å²) in [5.41, 5.74) is 1.81. The number of hydrogen-bond donors (Lipinski definition) is 0. The van der Waals surface area contributed by atoms with Gasteiger partial charge in [-0.15, -0.1) is 0 Å². The number of rotatable bonds is 4. The monoisotopic (exact) mass is 345 g/mol. The second-order valence-corrected chi connectivity index (χ2v) is 7.96. The molecule has 1 unspecified atom stereocenters. The predicted octanol–water partition coefficient (Wildman–Crippen LogP) is 3.10. The molecule has 1 saturated heterocycles. The molecule has 0 N–H and O–H groups in total. The van der Waals surface area contributed by atoms with Crippen molar-refractivity contribution < 1.29 is 8.42 Å². The fraction of sp³-hybridized carbons (Fsp3) is 0.571. The number of alkyl halides is 1. The van der Waals surface area contributed by atoms with E-state index in [0.717, 1.165) is 29.3 Å². The predicted molar refractivity (Wildman–Crippen MR) is 81.2 cm³/mol. The van der Waals surface area contributed by atoms with Gasteiger partial charge in [0.15, 0.2) is 0 Å². The molecule has 0 saturated carbocycles. The molecule has 0 aromatic heterocycles. The van der Waals surface area contributed by atoms with E-state index in [1.54, 1.807) is 10.4 Å². The first-order chi connectivity index (χ1) is 8.95. The van der Waals surface area contributed by atoms with Crippen LogP contribution in [-0.4, -0.2) is 31.1 Å². The van der Waals surface area contributed by atoms with Crippen LogP contribution in [0.25, 0.3) is 0 Å². The molecule has 1 aliphatic rings. The van der Waals surface area contributed by atoms with Crippen molar-refractivity contribution in [3.8, 4) is 0 Å². The van der Waals surface area contributed by atoms with Crippen LogP contribution in [0, 0.1) is 19.8 Å². The standard InChI is InChI=1S/C14H20BrNO2S/c1-11-3-4-12(2)14(9-11)19(17,18)16-8-6-13(10-16)5-7-15/h3-4,9,13H,5-8,10H2,1-2H3. The average molecular weight is 346 g/mol. The van der Waals surface area contributed by atoms with E-state index in [4.69, 9.17) is 0 Å². The Morgan fingerprint density at radius 1 is 1.37 bits per heavy atom. The summed E-state index contributed by atoms with van der Waals surface area (Å²) >= 11 is 3.43. The van der Waals surface area contributed by atoms with Crippen molar-refractivity contribution in [1.29, 1.82) is 0 Å². The Kier molecular flexibility index (Phi) is 4.69. The van der Waals surface area contributed by atoms with Crippen LogP contribution in [0.1, 0.15) is 24.0 Å². The fourth-order valence-corrected chi connectivity index (χ4v) is 5.02. The number of hydrogen-bond acceptors (Lipinski definition) is 2. The zero-order valence-electron chi connectivity index (χ0n) is 11.4. The smallest absolute Gasteiger partial charge is 0.207 e. The highest BCUT2D eigenvalue weighted by molar-refractivity contribution is 9.09. The number of aryl methyl sites for hydroxylation is 2. The number of benzene rings is 1. The lowest BCUT2D eigenvalue weighted by molar-refractivity contribution is 0.453. The second-order valence-electron chi connectivity index (χ2n) is 5.26. The first kappa shape index (κ1) is 15.0. The zero-order chi connectivity index (χ0) is 14.0. The molecule has 1 aliphatic heterocycles. The molecule has 2 rings (SSSR count). The van der Waals surface area contributed by atoms with E-state index in [0.29, 0.717) is 23.9 Å². The Balaban J connectivity index is 2.26. The van der Waals surface area contributed by atoms with Gasteiger partial charge in [0.25, 0.3) is 0 Å². The Bertz CT molecular complexity index is 557. The quantitative estimate of drug-likeness (QED) is 0.786. The van der Waals surface area contributed by atoms with E-state index in [2.05, 4.69) is 15.9 Å². The van der Waals surface area contributed by atoms with E-state index in [-0.39, 0.29) is 0 Å². The van der Waals surface area contributed by atoms with E-state index in [1.165, 1.54) is 0 Å². The lowest BCUT2D eigenvalue weighted by Crippen LogP contribution is -2.29. The molecular weight excluding hydrogens is 326 g/mol. The van der Waals surface area contributed by atoms with Gasteiger partial charge in [-0.1, -0.05) is 28.1 Å². The van der Waals surface area contributed by atoms with Gasteiger partial charge in [0.2, 0.25) is 10.0 Å². The molecule has 0 aliphatic carbocycles. The highest BCUT2D eigenvalue weighted by Crippen LogP contribution is 2.28. The van der Waals surface area contributed by atoms with Crippen LogP contribution in [0.3, 0.4) is 0 Å². The third-order valence-corrected chi connectivity index (χ3v) is 6.19. The summed E-state index contributed by atoms with van der Waals surface area (Å²) in [5.74, 6) is 0.485. The van der Waals surface area contributed by atoms with Gasteiger partial charge in [0, 0.05) is 18.4 Å². The molecular formula is C14H20BrNO2S. The zero-order valence-corrected chi connectivity index (χ0v) is 13.8. The molecule has 3 nitrogen and oxygen atoms in total. The van der Waals surface area contributed by atoms with Crippen molar-refractivity contribution in [2.75, 3.05) is 18.4 Å². The average Bonchev–Trinajstić information content (AvgIpc) is 2.82. The van der Waals surface area contributed by atoms with Crippen LogP contribution in [0.15, 0.2) is 23.1 Å². The number of sulfonamides is 1. The van der Waals surface area contributed by atoms with Gasteiger partial charge >= 0.3 is 0 Å². The third kappa shape index (κ3) is 3.20. The van der Waals surface area contributed by atoms with Crippen molar-refractivity contribution in [3.63, 3.8) is 0 Å². The molecule has 1 atom stereocenters. The molecule has 106 valence electrons. The van der Waals surface area contributed by atoms with Crippen LogP contribution < -0.4 is 0 Å². The van der Waals surface area contributed by atoms with Gasteiger partial charge in [0.05, 0.1) is 4.90 Å². The van der Waals surface area contributed by atoms with Crippen LogP contribution in [0.4, 0.5) is 0 Å². The summed E-state index contributed by atoms with van der Waals surface area (Å²) in [6.07, 6.45) is 2.01. The maximum atomic E-state index is 12.7. The lowest BCUT2D eigenvalue weighted by atomic mass is 10.1. The third-order valence-electron chi connectivity index (χ3n) is 3.73. The van der Waals surface area contributed by atoms with Crippen LogP contribution in [0.5, 0.6) is 0 Å². The topological polar surface area (TPSA) is 37.4 Å². The summed E-state index contributed by atoms with van der Waals surface area (Å²) < 4.78 is 27.0. The van der Waals surface area contributed by atoms with Crippen molar-refractivity contribution in [1.82, 2.24) is 4.31 Å². The minimum absolute atomic E-state index is 0.465. The normalized spacial score (nSPS) is 20.9. The van der Waals surface area contributed by atoms with Gasteiger partial charge in [-0.05, 0) is 49.8 Å². The van der Waals surface area contributed by atoms with E-state index in [9.17, 15) is 8.42 Å². The molecule has 0 spiro atoms. The summed E-state index contributed by atoms with van der Waals surface area (Å²) in [6, 6.07) is 5.61. The maximum absolute atomic E-state index is 12.7. The number of nitrogens with zero attached hydrogens (tertiary/aromatic N) is 1.